The molecule has 1 heterocycles. The first-order valence-corrected chi connectivity index (χ1v) is 9.21. The van der Waals surface area contributed by atoms with E-state index in [0.717, 1.165) is 29.7 Å². The smallest absolute Gasteiger partial charge is 0.341 e. The van der Waals surface area contributed by atoms with Crippen LogP contribution in [0.2, 0.25) is 0 Å². The van der Waals surface area contributed by atoms with Crippen molar-refractivity contribution in [3.63, 3.8) is 0 Å². The number of hydrogen-bond donors (Lipinski definition) is 1. The molecule has 2 aromatic rings. The third-order valence-corrected chi connectivity index (χ3v) is 5.44. The third kappa shape index (κ3) is 3.69. The van der Waals surface area contributed by atoms with Gasteiger partial charge in [0.1, 0.15) is 10.8 Å². The van der Waals surface area contributed by atoms with Crippen LogP contribution in [-0.2, 0) is 22.4 Å². The summed E-state index contributed by atoms with van der Waals surface area (Å²) in [5.41, 5.74) is 1.52. The van der Waals surface area contributed by atoms with Gasteiger partial charge in [-0.15, -0.1) is 11.3 Å². The molecule has 1 N–H and O–H groups in total. The number of para-hydroxylation sites is 1. The lowest BCUT2D eigenvalue weighted by Crippen LogP contribution is -2.32. The monoisotopic (exact) mass is 359 g/mol. The summed E-state index contributed by atoms with van der Waals surface area (Å²) in [6, 6.07) is 9.24. The summed E-state index contributed by atoms with van der Waals surface area (Å²) in [6.07, 6.45) is 2.74. The molecule has 132 valence electrons. The third-order valence-electron chi connectivity index (χ3n) is 4.23. The molecule has 25 heavy (non-hydrogen) atoms. The van der Waals surface area contributed by atoms with Crippen LogP contribution in [0.15, 0.2) is 30.3 Å². The molecule has 0 unspecified atom stereocenters. The number of thiophene rings is 1. The zero-order chi connectivity index (χ0) is 17.8. The Bertz CT molecular complexity index is 769. The van der Waals surface area contributed by atoms with Gasteiger partial charge in [-0.1, -0.05) is 25.1 Å². The molecule has 3 rings (SSSR count). The molecule has 1 aromatic carbocycles. The topological polar surface area (TPSA) is 64.6 Å². The van der Waals surface area contributed by atoms with Crippen molar-refractivity contribution in [2.45, 2.75) is 38.7 Å². The van der Waals surface area contributed by atoms with E-state index >= 15 is 0 Å². The van der Waals surface area contributed by atoms with Crippen molar-refractivity contribution in [2.75, 3.05) is 12.4 Å². The van der Waals surface area contributed by atoms with Gasteiger partial charge in [0.05, 0.1) is 12.7 Å². The summed E-state index contributed by atoms with van der Waals surface area (Å²) >= 11 is 1.47. The highest BCUT2D eigenvalue weighted by Gasteiger charge is 2.29. The highest BCUT2D eigenvalue weighted by Crippen LogP contribution is 2.39. The van der Waals surface area contributed by atoms with Gasteiger partial charge >= 0.3 is 5.97 Å². The number of rotatable bonds is 6. The lowest BCUT2D eigenvalue weighted by molar-refractivity contribution is -0.122. The number of methoxy groups -OCH3 is 1. The van der Waals surface area contributed by atoms with Crippen molar-refractivity contribution in [3.8, 4) is 5.75 Å². The second kappa shape index (κ2) is 7.70. The number of nitrogens with one attached hydrogen (secondary N) is 1. The zero-order valence-electron chi connectivity index (χ0n) is 14.3. The Hall–Kier alpha value is -2.34. The summed E-state index contributed by atoms with van der Waals surface area (Å²) < 4.78 is 10.7. The van der Waals surface area contributed by atoms with E-state index in [2.05, 4.69) is 5.32 Å². The van der Waals surface area contributed by atoms with Gasteiger partial charge in [0.15, 0.2) is 6.10 Å². The summed E-state index contributed by atoms with van der Waals surface area (Å²) in [4.78, 5) is 26.0. The van der Waals surface area contributed by atoms with E-state index in [1.54, 1.807) is 0 Å². The molecule has 0 spiro atoms. The summed E-state index contributed by atoms with van der Waals surface area (Å²) in [5, 5.41) is 3.45. The number of benzene rings is 1. The van der Waals surface area contributed by atoms with E-state index in [-0.39, 0.29) is 5.91 Å². The molecule has 0 radical (unpaired) electrons. The second-order valence-electron chi connectivity index (χ2n) is 5.87. The first kappa shape index (κ1) is 17.5. The van der Waals surface area contributed by atoms with Crippen molar-refractivity contribution in [2.24, 2.45) is 0 Å². The minimum atomic E-state index is -0.621. The molecular formula is C19H21NO4S. The maximum absolute atomic E-state index is 12.7. The Morgan fingerprint density at radius 1 is 1.24 bits per heavy atom. The Morgan fingerprint density at radius 2 is 2.00 bits per heavy atom. The second-order valence-corrected chi connectivity index (χ2v) is 6.98. The standard InChI is InChI=1S/C19H21NO4S/c1-3-14(24-12-8-5-4-6-9-12)17(21)20-18-16(19(22)23-2)13-10-7-11-15(13)25-18/h4-6,8-9,14H,3,7,10-11H2,1-2H3,(H,20,21)/t14-/m0/s1. The number of esters is 1. The first-order valence-electron chi connectivity index (χ1n) is 8.39. The molecule has 5 nitrogen and oxygen atoms in total. The van der Waals surface area contributed by atoms with Crippen molar-refractivity contribution in [1.29, 1.82) is 0 Å². The molecule has 1 aromatic heterocycles. The number of carbonyl (C=O) groups excluding carboxylic acids is 2. The molecule has 1 aliphatic carbocycles. The van der Waals surface area contributed by atoms with Gasteiger partial charge in [-0.3, -0.25) is 4.79 Å². The van der Waals surface area contributed by atoms with E-state index in [1.165, 1.54) is 18.4 Å². The van der Waals surface area contributed by atoms with Crippen molar-refractivity contribution >= 4 is 28.2 Å². The lowest BCUT2D eigenvalue weighted by atomic mass is 10.1. The molecule has 1 atom stereocenters. The normalized spacial score (nSPS) is 13.8. The number of ether oxygens (including phenoxy) is 2. The highest BCUT2D eigenvalue weighted by molar-refractivity contribution is 7.17. The van der Waals surface area contributed by atoms with Gasteiger partial charge in [-0.2, -0.15) is 0 Å². The predicted molar refractivity (Wildman–Crippen MR) is 97.5 cm³/mol. The molecule has 0 saturated carbocycles. The van der Waals surface area contributed by atoms with Crippen LogP contribution in [-0.4, -0.2) is 25.1 Å². The van der Waals surface area contributed by atoms with Crippen molar-refractivity contribution < 1.29 is 19.1 Å². The van der Waals surface area contributed by atoms with Crippen LogP contribution in [0.4, 0.5) is 5.00 Å². The van der Waals surface area contributed by atoms with Crippen molar-refractivity contribution in [1.82, 2.24) is 0 Å². The van der Waals surface area contributed by atoms with Crippen LogP contribution < -0.4 is 10.1 Å². The number of carbonyl (C=O) groups is 2. The highest BCUT2D eigenvalue weighted by atomic mass is 32.1. The Morgan fingerprint density at radius 3 is 2.68 bits per heavy atom. The van der Waals surface area contributed by atoms with Crippen LogP contribution in [0.3, 0.4) is 0 Å². The molecule has 1 amide bonds. The van der Waals surface area contributed by atoms with Crippen LogP contribution in [0.25, 0.3) is 0 Å². The van der Waals surface area contributed by atoms with E-state index in [1.807, 2.05) is 37.3 Å². The van der Waals surface area contributed by atoms with Crippen LogP contribution in [0.5, 0.6) is 5.75 Å². The van der Waals surface area contributed by atoms with Crippen LogP contribution in [0.1, 0.15) is 40.6 Å². The maximum atomic E-state index is 12.7. The Labute approximate surface area is 151 Å². The molecule has 0 fully saturated rings. The van der Waals surface area contributed by atoms with Crippen LogP contribution >= 0.6 is 11.3 Å². The fourth-order valence-corrected chi connectivity index (χ4v) is 4.27. The molecule has 0 aliphatic heterocycles. The van der Waals surface area contributed by atoms with Crippen molar-refractivity contribution in [3.05, 3.63) is 46.3 Å². The summed E-state index contributed by atoms with van der Waals surface area (Å²) in [5.74, 6) is -0.00507. The quantitative estimate of drug-likeness (QED) is 0.797. The average Bonchev–Trinajstić information content (AvgIpc) is 3.20. The van der Waals surface area contributed by atoms with Crippen LogP contribution in [0, 0.1) is 0 Å². The van der Waals surface area contributed by atoms with Gasteiger partial charge in [0.25, 0.3) is 5.91 Å². The van der Waals surface area contributed by atoms with Gasteiger partial charge in [-0.05, 0) is 43.4 Å². The molecule has 0 bridgehead atoms. The number of aryl methyl sites for hydroxylation is 1. The number of anilines is 1. The van der Waals surface area contributed by atoms with E-state index in [0.29, 0.717) is 22.7 Å². The number of fused-ring (bicyclic) bond motifs is 1. The SMILES string of the molecule is CC[C@H](Oc1ccccc1)C(=O)Nc1sc2c(c1C(=O)OC)CCC2. The fraction of sp³-hybridized carbons (Fsp3) is 0.368. The maximum Gasteiger partial charge on any atom is 0.341 e. The Kier molecular flexibility index (Phi) is 5.38. The van der Waals surface area contributed by atoms with Gasteiger partial charge in [-0.25, -0.2) is 4.79 Å². The largest absolute Gasteiger partial charge is 0.481 e. The molecular weight excluding hydrogens is 338 g/mol. The number of hydrogen-bond acceptors (Lipinski definition) is 5. The summed E-state index contributed by atoms with van der Waals surface area (Å²) in [6.45, 7) is 1.89. The van der Waals surface area contributed by atoms with Gasteiger partial charge < -0.3 is 14.8 Å². The zero-order valence-corrected chi connectivity index (χ0v) is 15.2. The van der Waals surface area contributed by atoms with Gasteiger partial charge in [0, 0.05) is 4.88 Å². The average molecular weight is 359 g/mol. The van der Waals surface area contributed by atoms with E-state index in [4.69, 9.17) is 9.47 Å². The molecule has 0 saturated heterocycles. The lowest BCUT2D eigenvalue weighted by Gasteiger charge is -2.17. The predicted octanol–water partition coefficient (Wildman–Crippen LogP) is 3.82. The minimum absolute atomic E-state index is 0.253. The van der Waals surface area contributed by atoms with E-state index < -0.39 is 12.1 Å². The molecule has 6 heteroatoms. The summed E-state index contributed by atoms with van der Waals surface area (Å²) in [7, 11) is 1.36. The fourth-order valence-electron chi connectivity index (χ4n) is 2.99. The van der Waals surface area contributed by atoms with E-state index in [9.17, 15) is 9.59 Å². The Balaban J connectivity index is 1.79. The molecule has 1 aliphatic rings. The number of amides is 1. The minimum Gasteiger partial charge on any atom is -0.481 e. The van der Waals surface area contributed by atoms with Gasteiger partial charge in [0.2, 0.25) is 0 Å². The first-order chi connectivity index (χ1) is 12.1.